The van der Waals surface area contributed by atoms with Crippen molar-refractivity contribution >= 4 is 11.5 Å². The third-order valence-electron chi connectivity index (χ3n) is 4.50. The average molecular weight is 259 g/mol. The van der Waals surface area contributed by atoms with Gasteiger partial charge in [-0.2, -0.15) is 0 Å². The van der Waals surface area contributed by atoms with E-state index >= 15 is 0 Å². The molecule has 2 unspecified atom stereocenters. The van der Waals surface area contributed by atoms with Crippen molar-refractivity contribution in [3.63, 3.8) is 0 Å². The van der Waals surface area contributed by atoms with Crippen molar-refractivity contribution < 1.29 is 4.79 Å². The molecule has 0 amide bonds. The summed E-state index contributed by atoms with van der Waals surface area (Å²) in [6, 6.07) is 7.87. The van der Waals surface area contributed by atoms with E-state index in [9.17, 15) is 4.79 Å². The number of benzene rings is 1. The zero-order valence-electron chi connectivity index (χ0n) is 12.3. The number of ketones is 1. The Hall–Kier alpha value is -1.31. The molecule has 1 aliphatic heterocycles. The highest BCUT2D eigenvalue weighted by atomic mass is 16.1. The Morgan fingerprint density at radius 2 is 2.05 bits per heavy atom. The van der Waals surface area contributed by atoms with Gasteiger partial charge in [-0.1, -0.05) is 45.2 Å². The highest BCUT2D eigenvalue weighted by Crippen LogP contribution is 2.36. The smallest absolute Gasteiger partial charge is 0.167 e. The third-order valence-corrected chi connectivity index (χ3v) is 4.50. The van der Waals surface area contributed by atoms with Crippen LogP contribution in [0.15, 0.2) is 24.3 Å². The van der Waals surface area contributed by atoms with Crippen molar-refractivity contribution in [1.29, 1.82) is 0 Å². The summed E-state index contributed by atoms with van der Waals surface area (Å²) in [5.74, 6) is 0.788. The van der Waals surface area contributed by atoms with Gasteiger partial charge in [-0.15, -0.1) is 0 Å². The quantitative estimate of drug-likeness (QED) is 0.779. The van der Waals surface area contributed by atoms with E-state index in [-0.39, 0.29) is 11.3 Å². The van der Waals surface area contributed by atoms with Gasteiger partial charge >= 0.3 is 0 Å². The van der Waals surface area contributed by atoms with Crippen LogP contribution >= 0.6 is 0 Å². The fraction of sp³-hybridized carbons (Fsp3) is 0.588. The molecule has 104 valence electrons. The normalized spacial score (nSPS) is 23.6. The fourth-order valence-electron chi connectivity index (χ4n) is 2.93. The highest BCUT2D eigenvalue weighted by molar-refractivity contribution is 6.04. The van der Waals surface area contributed by atoms with Gasteiger partial charge in [0.2, 0.25) is 0 Å². The highest BCUT2D eigenvalue weighted by Gasteiger charge is 2.37. The molecule has 1 aromatic rings. The average Bonchev–Trinajstić information content (AvgIpc) is 2.38. The summed E-state index contributed by atoms with van der Waals surface area (Å²) in [5.41, 5.74) is 1.75. The molecule has 1 N–H and O–H groups in total. The van der Waals surface area contributed by atoms with Crippen LogP contribution in [0.3, 0.4) is 0 Å². The van der Waals surface area contributed by atoms with E-state index in [1.54, 1.807) is 0 Å². The van der Waals surface area contributed by atoms with Crippen LogP contribution in [0.1, 0.15) is 63.2 Å². The summed E-state index contributed by atoms with van der Waals surface area (Å²) in [6.07, 6.45) is 5.58. The minimum Gasteiger partial charge on any atom is -0.379 e. The molecule has 0 spiro atoms. The maximum Gasteiger partial charge on any atom is 0.167 e. The second-order valence-corrected chi connectivity index (χ2v) is 6.08. The van der Waals surface area contributed by atoms with Crippen molar-refractivity contribution in [3.8, 4) is 0 Å². The van der Waals surface area contributed by atoms with E-state index < -0.39 is 0 Å². The Kier molecular flexibility index (Phi) is 4.28. The molecular weight excluding hydrogens is 234 g/mol. The van der Waals surface area contributed by atoms with Crippen LogP contribution in [-0.2, 0) is 0 Å². The number of nitrogens with one attached hydrogen (secondary N) is 1. The first-order chi connectivity index (χ1) is 9.07. The number of hydrogen-bond acceptors (Lipinski definition) is 2. The molecule has 0 fully saturated rings. The van der Waals surface area contributed by atoms with Crippen molar-refractivity contribution in [2.75, 3.05) is 5.32 Å². The monoisotopic (exact) mass is 259 g/mol. The lowest BCUT2D eigenvalue weighted by Gasteiger charge is -2.41. The molecule has 2 rings (SSSR count). The van der Waals surface area contributed by atoms with Gasteiger partial charge in [0.1, 0.15) is 0 Å². The maximum absolute atomic E-state index is 12.3. The van der Waals surface area contributed by atoms with Crippen molar-refractivity contribution in [3.05, 3.63) is 29.8 Å². The van der Waals surface area contributed by atoms with Crippen molar-refractivity contribution in [2.45, 2.75) is 58.4 Å². The van der Waals surface area contributed by atoms with Crippen LogP contribution in [0, 0.1) is 5.92 Å². The summed E-state index contributed by atoms with van der Waals surface area (Å²) < 4.78 is 0. The van der Waals surface area contributed by atoms with Crippen LogP contribution in [0.5, 0.6) is 0 Å². The second-order valence-electron chi connectivity index (χ2n) is 6.08. The van der Waals surface area contributed by atoms with Crippen LogP contribution < -0.4 is 5.32 Å². The van der Waals surface area contributed by atoms with E-state index in [0.717, 1.165) is 11.3 Å². The molecule has 0 saturated carbocycles. The number of rotatable bonds is 5. The van der Waals surface area contributed by atoms with Gasteiger partial charge in [-0.05, 0) is 31.4 Å². The largest absolute Gasteiger partial charge is 0.379 e. The summed E-state index contributed by atoms with van der Waals surface area (Å²) >= 11 is 0. The number of Topliss-reactive ketones (excluding diaryl/α,β-unsaturated/α-hetero) is 1. The molecule has 0 radical (unpaired) electrons. The molecule has 2 atom stereocenters. The number of carbonyl (C=O) groups excluding carboxylic acids is 1. The first-order valence-corrected chi connectivity index (χ1v) is 7.47. The van der Waals surface area contributed by atoms with Crippen LogP contribution in [-0.4, -0.2) is 11.3 Å². The molecule has 1 aromatic carbocycles. The van der Waals surface area contributed by atoms with Gasteiger partial charge in [0.05, 0.1) is 0 Å². The minimum absolute atomic E-state index is 0.0980. The van der Waals surface area contributed by atoms with Gasteiger partial charge in [0.25, 0.3) is 0 Å². The number of carbonyl (C=O) groups is 1. The molecule has 19 heavy (non-hydrogen) atoms. The Morgan fingerprint density at radius 3 is 2.79 bits per heavy atom. The Bertz CT molecular complexity index is 454. The maximum atomic E-state index is 12.3. The standard InChI is InChI=1S/C17H25NO/c1-4-5-6-9-13(2)17(3)12-16(19)14-10-7-8-11-15(14)18-17/h7-8,10-11,13,18H,4-6,9,12H2,1-3H3. The van der Waals surface area contributed by atoms with Crippen molar-refractivity contribution in [2.24, 2.45) is 5.92 Å². The molecule has 1 aliphatic rings. The van der Waals surface area contributed by atoms with Gasteiger partial charge < -0.3 is 5.32 Å². The first-order valence-electron chi connectivity index (χ1n) is 7.47. The van der Waals surface area contributed by atoms with E-state index in [4.69, 9.17) is 0 Å². The predicted octanol–water partition coefficient (Wildman–Crippen LogP) is 4.66. The topological polar surface area (TPSA) is 29.1 Å². The Balaban J connectivity index is 2.12. The Morgan fingerprint density at radius 1 is 1.32 bits per heavy atom. The zero-order valence-corrected chi connectivity index (χ0v) is 12.3. The number of para-hydroxylation sites is 1. The van der Waals surface area contributed by atoms with E-state index in [2.05, 4.69) is 26.1 Å². The van der Waals surface area contributed by atoms with Crippen LogP contribution in [0.2, 0.25) is 0 Å². The molecule has 2 nitrogen and oxygen atoms in total. The van der Waals surface area contributed by atoms with E-state index in [0.29, 0.717) is 12.3 Å². The van der Waals surface area contributed by atoms with Crippen molar-refractivity contribution in [1.82, 2.24) is 0 Å². The van der Waals surface area contributed by atoms with Crippen LogP contribution in [0.25, 0.3) is 0 Å². The molecule has 0 bridgehead atoms. The van der Waals surface area contributed by atoms with Gasteiger partial charge in [-0.3, -0.25) is 4.79 Å². The fourth-order valence-corrected chi connectivity index (χ4v) is 2.93. The van der Waals surface area contributed by atoms with Crippen LogP contribution in [0.4, 0.5) is 5.69 Å². The zero-order chi connectivity index (χ0) is 13.9. The second kappa shape index (κ2) is 5.77. The van der Waals surface area contributed by atoms with Gasteiger partial charge in [0.15, 0.2) is 5.78 Å². The molecule has 0 aliphatic carbocycles. The molecule has 2 heteroatoms. The minimum atomic E-state index is -0.0980. The lowest BCUT2D eigenvalue weighted by atomic mass is 9.76. The lowest BCUT2D eigenvalue weighted by molar-refractivity contribution is 0.0933. The molecule has 0 saturated heterocycles. The molecular formula is C17H25NO. The molecule has 1 heterocycles. The number of unbranched alkanes of at least 4 members (excludes halogenated alkanes) is 2. The van der Waals surface area contributed by atoms with E-state index in [1.165, 1.54) is 25.7 Å². The number of hydrogen-bond donors (Lipinski definition) is 1. The predicted molar refractivity (Wildman–Crippen MR) is 80.7 cm³/mol. The summed E-state index contributed by atoms with van der Waals surface area (Å²) in [5, 5.41) is 3.61. The Labute approximate surface area is 116 Å². The SMILES string of the molecule is CCCCCC(C)C1(C)CC(=O)c2ccccc2N1. The summed E-state index contributed by atoms with van der Waals surface area (Å²) in [7, 11) is 0. The first kappa shape index (κ1) is 14.1. The van der Waals surface area contributed by atoms with E-state index in [1.807, 2.05) is 24.3 Å². The number of fused-ring (bicyclic) bond motifs is 1. The van der Waals surface area contributed by atoms with Gasteiger partial charge in [0, 0.05) is 23.2 Å². The third kappa shape index (κ3) is 2.99. The lowest BCUT2D eigenvalue weighted by Crippen LogP contribution is -2.46. The molecule has 0 aromatic heterocycles. The number of anilines is 1. The van der Waals surface area contributed by atoms with Gasteiger partial charge in [-0.25, -0.2) is 0 Å². The summed E-state index contributed by atoms with van der Waals surface area (Å²) in [6.45, 7) is 6.69. The summed E-state index contributed by atoms with van der Waals surface area (Å²) in [4.78, 5) is 12.3.